The van der Waals surface area contributed by atoms with Crippen LogP contribution in [0.25, 0.3) is 0 Å². The Morgan fingerprint density at radius 3 is 2.15 bits per heavy atom. The molecule has 0 fully saturated rings. The van der Waals surface area contributed by atoms with E-state index in [4.69, 9.17) is 20.3 Å². The Morgan fingerprint density at radius 1 is 1.00 bits per heavy atom. The summed E-state index contributed by atoms with van der Waals surface area (Å²) < 4.78 is 62.4. The zero-order valence-electron chi connectivity index (χ0n) is 22.8. The molecular formula is C26H34F4N4O6. The van der Waals surface area contributed by atoms with Crippen molar-refractivity contribution in [1.29, 1.82) is 0 Å². The molecule has 40 heavy (non-hydrogen) atoms. The van der Waals surface area contributed by atoms with Gasteiger partial charge in [-0.05, 0) is 54.7 Å². The summed E-state index contributed by atoms with van der Waals surface area (Å²) in [6.07, 6.45) is -5.23. The van der Waals surface area contributed by atoms with Crippen molar-refractivity contribution in [1.82, 2.24) is 10.6 Å². The normalized spacial score (nSPS) is 12.1. The standard InChI is InChI=1S/C17H27N3O3.C9H7F4NO3/c1-11(2)8-12(3)19-17(18)20-16(21)10-13-6-7-14(22-4)15(9-13)23-5;10-6-2-1-5(4-14-8(15)16)3-7(6)17-9(11,12)13/h6-7,9,11-12H,8,10H2,1-5H3,(H3,18,19,20,21);1-3,14H,4H2,(H,15,16)/t12-;/m1./s1. The minimum atomic E-state index is -5.00. The zero-order valence-corrected chi connectivity index (χ0v) is 22.8. The molecular weight excluding hydrogens is 540 g/mol. The number of nitrogens with two attached hydrogens (primary N) is 1. The van der Waals surface area contributed by atoms with Crippen LogP contribution in [0.4, 0.5) is 22.4 Å². The Kier molecular flexibility index (Phi) is 13.5. The number of halogens is 4. The highest BCUT2D eigenvalue weighted by atomic mass is 19.4. The fourth-order valence-electron chi connectivity index (χ4n) is 3.41. The van der Waals surface area contributed by atoms with Gasteiger partial charge in [0.05, 0.1) is 26.7 Å². The molecule has 2 rings (SSSR count). The number of ether oxygens (including phenoxy) is 3. The van der Waals surface area contributed by atoms with E-state index >= 15 is 0 Å². The van der Waals surface area contributed by atoms with Crippen LogP contribution < -0.4 is 30.6 Å². The van der Waals surface area contributed by atoms with Gasteiger partial charge in [0.25, 0.3) is 0 Å². The molecule has 14 heteroatoms. The van der Waals surface area contributed by atoms with Crippen LogP contribution in [-0.2, 0) is 17.8 Å². The van der Waals surface area contributed by atoms with Crippen molar-refractivity contribution < 1.29 is 46.5 Å². The number of carboxylic acid groups (broad SMARTS) is 1. The maximum Gasteiger partial charge on any atom is 0.573 e. The highest BCUT2D eigenvalue weighted by molar-refractivity contribution is 5.97. The molecule has 0 saturated heterocycles. The van der Waals surface area contributed by atoms with Crippen LogP contribution in [0.3, 0.4) is 0 Å². The highest BCUT2D eigenvalue weighted by Crippen LogP contribution is 2.28. The van der Waals surface area contributed by atoms with Gasteiger partial charge >= 0.3 is 12.5 Å². The summed E-state index contributed by atoms with van der Waals surface area (Å²) in [5, 5.41) is 12.8. The van der Waals surface area contributed by atoms with E-state index in [9.17, 15) is 27.2 Å². The van der Waals surface area contributed by atoms with Gasteiger partial charge in [0, 0.05) is 6.54 Å². The number of aliphatic imine (C=N–C) groups is 1. The third-order valence-electron chi connectivity index (χ3n) is 4.92. The molecule has 0 aliphatic heterocycles. The van der Waals surface area contributed by atoms with E-state index in [-0.39, 0.29) is 36.4 Å². The molecule has 1 atom stereocenters. The molecule has 2 aromatic carbocycles. The van der Waals surface area contributed by atoms with Crippen LogP contribution in [-0.4, -0.2) is 49.7 Å². The lowest BCUT2D eigenvalue weighted by atomic mass is 10.1. The first-order chi connectivity index (χ1) is 18.6. The van der Waals surface area contributed by atoms with Crippen molar-refractivity contribution in [2.24, 2.45) is 16.6 Å². The highest BCUT2D eigenvalue weighted by Gasteiger charge is 2.32. The second-order valence-electron chi connectivity index (χ2n) is 8.88. The van der Waals surface area contributed by atoms with E-state index in [0.717, 1.165) is 30.2 Å². The van der Waals surface area contributed by atoms with Crippen molar-refractivity contribution in [3.05, 3.63) is 53.3 Å². The average molecular weight is 575 g/mol. The van der Waals surface area contributed by atoms with Crippen LogP contribution in [0, 0.1) is 11.7 Å². The van der Waals surface area contributed by atoms with Gasteiger partial charge in [-0.15, -0.1) is 13.2 Å². The number of amides is 2. The van der Waals surface area contributed by atoms with Gasteiger partial charge in [-0.3, -0.25) is 15.1 Å². The van der Waals surface area contributed by atoms with Crippen LogP contribution in [0.1, 0.15) is 38.3 Å². The Hall–Kier alpha value is -4.23. The molecule has 0 heterocycles. The van der Waals surface area contributed by atoms with Crippen LogP contribution in [0.15, 0.2) is 41.4 Å². The van der Waals surface area contributed by atoms with Gasteiger partial charge in [-0.25, -0.2) is 9.18 Å². The molecule has 0 aromatic heterocycles. The first-order valence-electron chi connectivity index (χ1n) is 12.0. The van der Waals surface area contributed by atoms with E-state index in [1.165, 1.54) is 0 Å². The first-order valence-corrected chi connectivity index (χ1v) is 12.0. The predicted octanol–water partition coefficient (Wildman–Crippen LogP) is 4.60. The number of rotatable bonds is 10. The quantitative estimate of drug-likeness (QED) is 0.184. The summed E-state index contributed by atoms with van der Waals surface area (Å²) in [5.41, 5.74) is 6.73. The summed E-state index contributed by atoms with van der Waals surface area (Å²) in [6.45, 7) is 5.98. The number of carbonyl (C=O) groups is 2. The van der Waals surface area contributed by atoms with Gasteiger partial charge in [-0.2, -0.15) is 0 Å². The van der Waals surface area contributed by atoms with Gasteiger partial charge in [0.1, 0.15) is 0 Å². The van der Waals surface area contributed by atoms with Crippen molar-refractivity contribution >= 4 is 18.0 Å². The fraction of sp³-hybridized carbons (Fsp3) is 0.423. The number of hydrogen-bond acceptors (Lipinski definition) is 6. The molecule has 2 amide bonds. The SMILES string of the molecule is COc1ccc(CC(=O)NC(N)=N[C@H](C)CC(C)C)cc1OC.O=C(O)NCc1ccc(F)c(OC(F)(F)F)c1. The molecule has 0 unspecified atom stereocenters. The molecule has 10 nitrogen and oxygen atoms in total. The average Bonchev–Trinajstić information content (AvgIpc) is 2.83. The predicted molar refractivity (Wildman–Crippen MR) is 140 cm³/mol. The van der Waals surface area contributed by atoms with Crippen molar-refractivity contribution in [3.63, 3.8) is 0 Å². The number of methoxy groups -OCH3 is 2. The lowest BCUT2D eigenvalue weighted by Crippen LogP contribution is -2.38. The van der Waals surface area contributed by atoms with Crippen LogP contribution in [0.2, 0.25) is 0 Å². The fourth-order valence-corrected chi connectivity index (χ4v) is 3.41. The number of carbonyl (C=O) groups excluding carboxylic acids is 1. The van der Waals surface area contributed by atoms with Crippen LogP contribution >= 0.6 is 0 Å². The van der Waals surface area contributed by atoms with Crippen molar-refractivity contribution in [2.45, 2.75) is 52.6 Å². The number of guanidine groups is 1. The minimum absolute atomic E-state index is 0.0800. The molecule has 222 valence electrons. The molecule has 0 saturated carbocycles. The summed E-state index contributed by atoms with van der Waals surface area (Å²) in [5.74, 6) is -0.489. The van der Waals surface area contributed by atoms with Crippen molar-refractivity contribution in [3.8, 4) is 17.2 Å². The lowest BCUT2D eigenvalue weighted by molar-refractivity contribution is -0.275. The maximum absolute atomic E-state index is 12.9. The maximum atomic E-state index is 12.9. The largest absolute Gasteiger partial charge is 0.573 e. The second-order valence-corrected chi connectivity index (χ2v) is 8.88. The van der Waals surface area contributed by atoms with E-state index in [1.54, 1.807) is 26.4 Å². The Bertz CT molecular complexity index is 1160. The molecule has 0 aliphatic rings. The Balaban J connectivity index is 0.000000418. The number of alkyl halides is 3. The molecule has 0 bridgehead atoms. The lowest BCUT2D eigenvalue weighted by Gasteiger charge is -2.12. The molecule has 0 radical (unpaired) electrons. The van der Waals surface area contributed by atoms with Gasteiger partial charge in [0.15, 0.2) is 29.0 Å². The third-order valence-corrected chi connectivity index (χ3v) is 4.92. The second kappa shape index (κ2) is 16.0. The van der Waals surface area contributed by atoms with Gasteiger partial charge in [0.2, 0.25) is 5.91 Å². The Labute approximate surface area is 229 Å². The van der Waals surface area contributed by atoms with Gasteiger partial charge < -0.3 is 30.4 Å². The summed E-state index contributed by atoms with van der Waals surface area (Å²) >= 11 is 0. The number of nitrogens with one attached hydrogen (secondary N) is 2. The Morgan fingerprint density at radius 2 is 1.60 bits per heavy atom. The van der Waals surface area contributed by atoms with Gasteiger partial charge in [-0.1, -0.05) is 26.0 Å². The summed E-state index contributed by atoms with van der Waals surface area (Å²) in [7, 11) is 3.13. The van der Waals surface area contributed by atoms with E-state index in [0.29, 0.717) is 17.4 Å². The number of benzene rings is 2. The smallest absolute Gasteiger partial charge is 0.493 e. The molecule has 5 N–H and O–H groups in total. The van der Waals surface area contributed by atoms with Crippen molar-refractivity contribution in [2.75, 3.05) is 14.2 Å². The van der Waals surface area contributed by atoms with E-state index in [1.807, 2.05) is 18.3 Å². The topological polar surface area (TPSA) is 144 Å². The summed E-state index contributed by atoms with van der Waals surface area (Å²) in [6, 6.07) is 8.12. The van der Waals surface area contributed by atoms with E-state index < -0.39 is 24.0 Å². The minimum Gasteiger partial charge on any atom is -0.493 e. The summed E-state index contributed by atoms with van der Waals surface area (Å²) in [4.78, 5) is 26.5. The monoisotopic (exact) mass is 574 g/mol. The first kappa shape index (κ1) is 33.8. The molecule has 0 spiro atoms. The number of hydrogen-bond donors (Lipinski definition) is 4. The molecule has 2 aromatic rings. The third kappa shape index (κ3) is 13.5. The number of nitrogens with zero attached hydrogens (tertiary/aromatic N) is 1. The molecule has 0 aliphatic carbocycles. The van der Waals surface area contributed by atoms with E-state index in [2.05, 4.69) is 28.9 Å². The van der Waals surface area contributed by atoms with Crippen LogP contribution in [0.5, 0.6) is 17.2 Å². The zero-order chi connectivity index (χ0) is 30.5.